The zero-order chi connectivity index (χ0) is 16.8. The van der Waals surface area contributed by atoms with E-state index < -0.39 is 0 Å². The Bertz CT molecular complexity index is 691. The Kier molecular flexibility index (Phi) is 2.55. The average Bonchev–Trinajstić information content (AvgIpc) is 3.20. The smallest absolute Gasteiger partial charge is 0.0165 e. The van der Waals surface area contributed by atoms with E-state index in [9.17, 15) is 0 Å². The van der Waals surface area contributed by atoms with Crippen molar-refractivity contribution in [2.75, 3.05) is 0 Å². The van der Waals surface area contributed by atoms with Crippen LogP contribution in [0.15, 0.2) is 48.5 Å². The molecule has 0 unspecified atom stereocenters. The van der Waals surface area contributed by atoms with Gasteiger partial charge in [-0.25, -0.2) is 0 Å². The van der Waals surface area contributed by atoms with Gasteiger partial charge in [0.25, 0.3) is 0 Å². The molecule has 0 nitrogen and oxygen atoms in total. The van der Waals surface area contributed by atoms with Crippen molar-refractivity contribution in [1.29, 1.82) is 0 Å². The maximum Gasteiger partial charge on any atom is 0.0165 e. The number of rotatable bonds is 4. The minimum Gasteiger partial charge on any atom is -0.0645 e. The maximum atomic E-state index is 2.46. The lowest BCUT2D eigenvalue weighted by Gasteiger charge is -2.72. The molecule has 0 spiro atoms. The van der Waals surface area contributed by atoms with Crippen LogP contribution in [0.2, 0.25) is 0 Å². The lowest BCUT2D eigenvalue weighted by atomic mass is 9.28. The quantitative estimate of drug-likeness (QED) is 0.647. The molecule has 2 aromatic carbocycles. The Morgan fingerprint density at radius 2 is 0.667 bits per heavy atom. The Morgan fingerprint density at radius 1 is 0.458 bits per heavy atom. The Morgan fingerprint density at radius 3 is 0.833 bits per heavy atom. The molecule has 2 aromatic rings. The van der Waals surface area contributed by atoms with E-state index in [-0.39, 0.29) is 0 Å². The van der Waals surface area contributed by atoms with Crippen LogP contribution in [0.1, 0.15) is 75.6 Å². The molecule has 0 aromatic heterocycles. The minimum absolute atomic E-state index is 0.305. The van der Waals surface area contributed by atoms with Crippen molar-refractivity contribution in [2.45, 2.75) is 75.0 Å². The van der Waals surface area contributed by atoms with E-state index in [0.29, 0.717) is 21.7 Å². The van der Waals surface area contributed by atoms with Crippen molar-refractivity contribution < 1.29 is 0 Å². The fourth-order valence-corrected chi connectivity index (χ4v) is 8.86. The van der Waals surface area contributed by atoms with E-state index in [4.69, 9.17) is 0 Å². The van der Waals surface area contributed by atoms with Gasteiger partial charge in [-0.3, -0.25) is 0 Å². The van der Waals surface area contributed by atoms with Crippen molar-refractivity contribution in [2.24, 2.45) is 0 Å². The van der Waals surface area contributed by atoms with Crippen molar-refractivity contribution in [1.82, 2.24) is 0 Å². The van der Waals surface area contributed by atoms with Crippen LogP contribution in [0.4, 0.5) is 0 Å². The van der Waals surface area contributed by atoms with Crippen molar-refractivity contribution in [3.63, 3.8) is 0 Å². The number of hydrogen-bond acceptors (Lipinski definition) is 0. The van der Waals surface area contributed by atoms with Crippen molar-refractivity contribution in [3.05, 3.63) is 70.8 Å². The van der Waals surface area contributed by atoms with Crippen LogP contribution in [0.3, 0.4) is 0 Å². The summed E-state index contributed by atoms with van der Waals surface area (Å²) in [5.41, 5.74) is 7.92. The highest BCUT2D eigenvalue weighted by atomic mass is 14.9. The molecule has 0 aliphatic heterocycles. The Hall–Kier alpha value is -1.56. The van der Waals surface area contributed by atoms with Gasteiger partial charge in [-0.05, 0) is 47.9 Å². The first-order valence-corrected chi connectivity index (χ1v) is 9.90. The van der Waals surface area contributed by atoms with E-state index in [2.05, 4.69) is 76.2 Å². The van der Waals surface area contributed by atoms with Gasteiger partial charge in [-0.15, -0.1) is 0 Å². The molecular weight excluding hydrogens is 288 g/mol. The van der Waals surface area contributed by atoms with Gasteiger partial charge in [-0.2, -0.15) is 0 Å². The zero-order valence-corrected chi connectivity index (χ0v) is 15.4. The van der Waals surface area contributed by atoms with Gasteiger partial charge in [-0.1, -0.05) is 76.2 Å². The molecule has 5 aliphatic rings. The summed E-state index contributed by atoms with van der Waals surface area (Å²) in [6.45, 7) is 9.79. The standard InChI is InChI=1S/C24H28/c1-5-21-17-13-9-10-14-18(17)24(8-4)22(21,6-2)19-15-11-12-16-20(19)23(21,24)7-3/h9-16H,5-8H2,1-4H3. The molecule has 0 atom stereocenters. The van der Waals surface area contributed by atoms with Crippen LogP contribution in [0, 0.1) is 0 Å². The maximum absolute atomic E-state index is 2.46. The highest BCUT2D eigenvalue weighted by molar-refractivity contribution is 5.80. The summed E-state index contributed by atoms with van der Waals surface area (Å²) in [5.74, 6) is 0. The van der Waals surface area contributed by atoms with Crippen LogP contribution < -0.4 is 0 Å². The topological polar surface area (TPSA) is 0 Å². The van der Waals surface area contributed by atoms with E-state index in [1.807, 2.05) is 0 Å². The van der Waals surface area contributed by atoms with Gasteiger partial charge in [0.1, 0.15) is 0 Å². The molecule has 4 bridgehead atoms. The fourth-order valence-electron chi connectivity index (χ4n) is 8.86. The molecule has 0 saturated heterocycles. The molecule has 7 rings (SSSR count). The first-order chi connectivity index (χ1) is 11.7. The van der Waals surface area contributed by atoms with E-state index in [1.165, 1.54) is 25.7 Å². The fraction of sp³-hybridized carbons (Fsp3) is 0.500. The SMILES string of the molecule is CCC12c3ccccc3C3(CC)C1(CC)c1ccccc1C23CC. The van der Waals surface area contributed by atoms with Gasteiger partial charge < -0.3 is 0 Å². The summed E-state index contributed by atoms with van der Waals surface area (Å²) < 4.78 is 0. The minimum atomic E-state index is 0.305. The molecule has 24 heavy (non-hydrogen) atoms. The summed E-state index contributed by atoms with van der Waals surface area (Å²) in [6.07, 6.45) is 5.01. The second-order valence-electron chi connectivity index (χ2n) is 8.13. The molecule has 0 heteroatoms. The lowest BCUT2D eigenvalue weighted by molar-refractivity contribution is -0.107. The van der Waals surface area contributed by atoms with E-state index in [1.54, 1.807) is 22.3 Å². The zero-order valence-electron chi connectivity index (χ0n) is 15.4. The summed E-state index contributed by atoms with van der Waals surface area (Å²) in [6, 6.07) is 18.9. The summed E-state index contributed by atoms with van der Waals surface area (Å²) in [5, 5.41) is 0. The molecule has 0 radical (unpaired) electrons. The van der Waals surface area contributed by atoms with E-state index in [0.717, 1.165) is 0 Å². The first kappa shape index (κ1) is 14.8. The van der Waals surface area contributed by atoms with Crippen LogP contribution >= 0.6 is 0 Å². The third-order valence-corrected chi connectivity index (χ3v) is 8.73. The lowest BCUT2D eigenvalue weighted by Crippen LogP contribution is -2.77. The highest BCUT2D eigenvalue weighted by Gasteiger charge is 2.93. The van der Waals surface area contributed by atoms with Crippen molar-refractivity contribution in [3.8, 4) is 0 Å². The van der Waals surface area contributed by atoms with Gasteiger partial charge in [0, 0.05) is 21.7 Å². The van der Waals surface area contributed by atoms with E-state index >= 15 is 0 Å². The molecule has 1 saturated carbocycles. The molecule has 124 valence electrons. The van der Waals surface area contributed by atoms with Gasteiger partial charge in [0.15, 0.2) is 0 Å². The molecule has 5 aliphatic carbocycles. The summed E-state index contributed by atoms with van der Waals surface area (Å²) >= 11 is 0. The molecular formula is C24H28. The number of hydrogen-bond donors (Lipinski definition) is 0. The van der Waals surface area contributed by atoms with Gasteiger partial charge >= 0.3 is 0 Å². The Balaban J connectivity index is 2.02. The largest absolute Gasteiger partial charge is 0.0645 e. The highest BCUT2D eigenvalue weighted by Crippen LogP contribution is 2.92. The second-order valence-corrected chi connectivity index (χ2v) is 8.13. The predicted molar refractivity (Wildman–Crippen MR) is 101 cm³/mol. The van der Waals surface area contributed by atoms with Gasteiger partial charge in [0.05, 0.1) is 0 Å². The summed E-state index contributed by atoms with van der Waals surface area (Å²) in [7, 11) is 0. The molecule has 1 fully saturated rings. The van der Waals surface area contributed by atoms with Crippen LogP contribution in [0.5, 0.6) is 0 Å². The Labute approximate surface area is 146 Å². The average molecular weight is 316 g/mol. The van der Waals surface area contributed by atoms with Gasteiger partial charge in [0.2, 0.25) is 0 Å². The number of benzene rings is 2. The summed E-state index contributed by atoms with van der Waals surface area (Å²) in [4.78, 5) is 0. The van der Waals surface area contributed by atoms with Crippen molar-refractivity contribution >= 4 is 0 Å². The molecule has 0 heterocycles. The predicted octanol–water partition coefficient (Wildman–Crippen LogP) is 6.02. The third-order valence-electron chi connectivity index (χ3n) is 8.73. The third kappa shape index (κ3) is 0.904. The van der Waals surface area contributed by atoms with Crippen LogP contribution in [0.25, 0.3) is 0 Å². The van der Waals surface area contributed by atoms with Crippen LogP contribution in [-0.4, -0.2) is 0 Å². The second kappa shape index (κ2) is 4.15. The molecule has 0 N–H and O–H groups in total. The monoisotopic (exact) mass is 316 g/mol. The van der Waals surface area contributed by atoms with Crippen LogP contribution in [-0.2, 0) is 21.7 Å². The first-order valence-electron chi connectivity index (χ1n) is 9.90. The molecule has 0 amide bonds. The normalized spacial score (nSPS) is 40.2.